The van der Waals surface area contributed by atoms with Gasteiger partial charge in [0.1, 0.15) is 0 Å². The number of hydrogen-bond donors (Lipinski definition) is 1. The lowest BCUT2D eigenvalue weighted by Crippen LogP contribution is -2.26. The molecule has 0 amide bonds. The molecule has 1 fully saturated rings. The highest BCUT2D eigenvalue weighted by molar-refractivity contribution is 9.10. The van der Waals surface area contributed by atoms with Crippen molar-refractivity contribution in [1.82, 2.24) is 4.90 Å². The van der Waals surface area contributed by atoms with E-state index in [9.17, 15) is 0 Å². The van der Waals surface area contributed by atoms with Crippen molar-refractivity contribution in [3.63, 3.8) is 0 Å². The molecule has 1 aliphatic heterocycles. The summed E-state index contributed by atoms with van der Waals surface area (Å²) in [5, 5.41) is 0.767. The van der Waals surface area contributed by atoms with E-state index in [1.165, 1.54) is 5.56 Å². The van der Waals surface area contributed by atoms with E-state index in [1.54, 1.807) is 0 Å². The van der Waals surface area contributed by atoms with Gasteiger partial charge in [0, 0.05) is 35.2 Å². The minimum atomic E-state index is 0. The maximum Gasteiger partial charge on any atom is 0.0417 e. The van der Waals surface area contributed by atoms with E-state index >= 15 is 0 Å². The summed E-state index contributed by atoms with van der Waals surface area (Å²) in [6.45, 7) is 3.04. The summed E-state index contributed by atoms with van der Waals surface area (Å²) in [6, 6.07) is 6.27. The largest absolute Gasteiger partial charge is 0.326 e. The van der Waals surface area contributed by atoms with Gasteiger partial charge in [-0.15, -0.1) is 12.4 Å². The molecule has 1 saturated heterocycles. The third-order valence-electron chi connectivity index (χ3n) is 2.72. The van der Waals surface area contributed by atoms with Gasteiger partial charge >= 0.3 is 0 Å². The molecule has 0 bridgehead atoms. The van der Waals surface area contributed by atoms with Crippen LogP contribution in [0.25, 0.3) is 0 Å². The molecule has 16 heavy (non-hydrogen) atoms. The Morgan fingerprint density at radius 3 is 2.81 bits per heavy atom. The lowest BCUT2D eigenvalue weighted by molar-refractivity contribution is 0.326. The van der Waals surface area contributed by atoms with Gasteiger partial charge in [0.25, 0.3) is 0 Å². The number of benzene rings is 1. The molecule has 0 radical (unpaired) electrons. The molecule has 1 heterocycles. The molecule has 1 aromatic rings. The molecule has 1 atom stereocenters. The fourth-order valence-corrected chi connectivity index (χ4v) is 2.71. The predicted octanol–water partition coefficient (Wildman–Crippen LogP) is 3.06. The quantitative estimate of drug-likeness (QED) is 0.905. The average molecular weight is 326 g/mol. The van der Waals surface area contributed by atoms with Gasteiger partial charge in [0.2, 0.25) is 0 Å². The van der Waals surface area contributed by atoms with Crippen molar-refractivity contribution < 1.29 is 0 Å². The normalized spacial score (nSPS) is 20.8. The Balaban J connectivity index is 0.00000128. The highest BCUT2D eigenvalue weighted by Crippen LogP contribution is 2.23. The van der Waals surface area contributed by atoms with Crippen LogP contribution in [0.1, 0.15) is 12.0 Å². The monoisotopic (exact) mass is 324 g/mol. The Morgan fingerprint density at radius 1 is 1.50 bits per heavy atom. The summed E-state index contributed by atoms with van der Waals surface area (Å²) >= 11 is 9.42. The van der Waals surface area contributed by atoms with Gasteiger partial charge in [-0.1, -0.05) is 33.6 Å². The Hall–Kier alpha value is 0.200. The molecular weight excluding hydrogens is 311 g/mol. The fourth-order valence-electron chi connectivity index (χ4n) is 1.90. The first-order chi connectivity index (χ1) is 7.15. The maximum atomic E-state index is 5.89. The number of rotatable bonds is 2. The first kappa shape index (κ1) is 14.3. The summed E-state index contributed by atoms with van der Waals surface area (Å²) in [5.74, 6) is 0. The molecular formula is C11H15BrCl2N2. The standard InChI is InChI=1S/C11H14BrClN2.ClH/c12-11-5-9(13)2-1-8(11)6-15-4-3-10(14)7-15;/h1-2,5,10H,3-4,6-7,14H2;1H/t10-;/m1./s1. The number of halogens is 3. The van der Waals surface area contributed by atoms with E-state index < -0.39 is 0 Å². The van der Waals surface area contributed by atoms with Crippen LogP contribution in [0.2, 0.25) is 5.02 Å². The molecule has 1 aromatic carbocycles. The lowest BCUT2D eigenvalue weighted by Gasteiger charge is -2.16. The van der Waals surface area contributed by atoms with Gasteiger partial charge in [-0.2, -0.15) is 0 Å². The van der Waals surface area contributed by atoms with E-state index in [-0.39, 0.29) is 12.4 Å². The van der Waals surface area contributed by atoms with Crippen LogP contribution in [0.5, 0.6) is 0 Å². The zero-order valence-corrected chi connectivity index (χ0v) is 12.0. The van der Waals surface area contributed by atoms with Crippen molar-refractivity contribution in [2.45, 2.75) is 19.0 Å². The minimum Gasteiger partial charge on any atom is -0.326 e. The zero-order valence-electron chi connectivity index (χ0n) is 8.83. The van der Waals surface area contributed by atoms with Gasteiger partial charge in [-0.05, 0) is 24.1 Å². The smallest absolute Gasteiger partial charge is 0.0417 e. The van der Waals surface area contributed by atoms with Gasteiger partial charge in [0.15, 0.2) is 0 Å². The van der Waals surface area contributed by atoms with E-state index in [4.69, 9.17) is 17.3 Å². The average Bonchev–Trinajstić information content (AvgIpc) is 2.56. The van der Waals surface area contributed by atoms with Crippen molar-refractivity contribution in [2.24, 2.45) is 5.73 Å². The van der Waals surface area contributed by atoms with E-state index in [0.29, 0.717) is 6.04 Å². The van der Waals surface area contributed by atoms with Crippen molar-refractivity contribution >= 4 is 39.9 Å². The third-order valence-corrected chi connectivity index (χ3v) is 3.69. The zero-order chi connectivity index (χ0) is 10.8. The first-order valence-corrected chi connectivity index (χ1v) is 6.24. The van der Waals surface area contributed by atoms with Gasteiger partial charge < -0.3 is 5.73 Å². The summed E-state index contributed by atoms with van der Waals surface area (Å²) < 4.78 is 1.08. The van der Waals surface area contributed by atoms with Crippen LogP contribution in [-0.2, 0) is 6.54 Å². The molecule has 2 rings (SSSR count). The van der Waals surface area contributed by atoms with Crippen molar-refractivity contribution in [3.05, 3.63) is 33.3 Å². The van der Waals surface area contributed by atoms with E-state index in [0.717, 1.165) is 35.6 Å². The molecule has 2 nitrogen and oxygen atoms in total. The van der Waals surface area contributed by atoms with E-state index in [2.05, 4.69) is 26.9 Å². The maximum absolute atomic E-state index is 5.89. The molecule has 0 saturated carbocycles. The Morgan fingerprint density at radius 2 is 2.25 bits per heavy atom. The topological polar surface area (TPSA) is 29.3 Å². The van der Waals surface area contributed by atoms with Crippen LogP contribution >= 0.6 is 39.9 Å². The van der Waals surface area contributed by atoms with Gasteiger partial charge in [-0.3, -0.25) is 4.90 Å². The van der Waals surface area contributed by atoms with Crippen molar-refractivity contribution in [1.29, 1.82) is 0 Å². The van der Waals surface area contributed by atoms with Crippen molar-refractivity contribution in [2.75, 3.05) is 13.1 Å². The second-order valence-corrected chi connectivity index (χ2v) is 5.31. The second-order valence-electron chi connectivity index (χ2n) is 4.02. The van der Waals surface area contributed by atoms with Crippen LogP contribution in [0.15, 0.2) is 22.7 Å². The number of likely N-dealkylation sites (tertiary alicyclic amines) is 1. The summed E-state index contributed by atoms with van der Waals surface area (Å²) in [7, 11) is 0. The Bertz CT molecular complexity index is 360. The van der Waals surface area contributed by atoms with Crippen LogP contribution in [0.3, 0.4) is 0 Å². The van der Waals surface area contributed by atoms with E-state index in [1.807, 2.05) is 12.1 Å². The van der Waals surface area contributed by atoms with Gasteiger partial charge in [-0.25, -0.2) is 0 Å². The molecule has 5 heteroatoms. The highest BCUT2D eigenvalue weighted by atomic mass is 79.9. The lowest BCUT2D eigenvalue weighted by atomic mass is 10.2. The number of hydrogen-bond acceptors (Lipinski definition) is 2. The summed E-state index contributed by atoms with van der Waals surface area (Å²) in [5.41, 5.74) is 7.14. The second kappa shape index (κ2) is 6.22. The SMILES string of the molecule is Cl.N[C@@H]1CCN(Cc2ccc(Cl)cc2Br)C1. The summed E-state index contributed by atoms with van der Waals surface area (Å²) in [6.07, 6.45) is 1.10. The van der Waals surface area contributed by atoms with Gasteiger partial charge in [0.05, 0.1) is 0 Å². The van der Waals surface area contributed by atoms with Crippen LogP contribution in [-0.4, -0.2) is 24.0 Å². The van der Waals surface area contributed by atoms with Crippen LogP contribution in [0, 0.1) is 0 Å². The number of nitrogens with zero attached hydrogens (tertiary/aromatic N) is 1. The molecule has 2 N–H and O–H groups in total. The van der Waals surface area contributed by atoms with Crippen LogP contribution in [0.4, 0.5) is 0 Å². The molecule has 0 aromatic heterocycles. The Labute approximate surface area is 116 Å². The first-order valence-electron chi connectivity index (χ1n) is 5.07. The minimum absolute atomic E-state index is 0. The van der Waals surface area contributed by atoms with Crippen LogP contribution < -0.4 is 5.73 Å². The third kappa shape index (κ3) is 3.60. The molecule has 0 spiro atoms. The van der Waals surface area contributed by atoms with Crippen molar-refractivity contribution in [3.8, 4) is 0 Å². The molecule has 0 unspecified atom stereocenters. The Kier molecular flexibility index (Phi) is 5.54. The predicted molar refractivity (Wildman–Crippen MR) is 74.3 cm³/mol. The molecule has 90 valence electrons. The number of nitrogens with two attached hydrogens (primary N) is 1. The molecule has 1 aliphatic rings. The highest BCUT2D eigenvalue weighted by Gasteiger charge is 2.19. The fraction of sp³-hybridized carbons (Fsp3) is 0.455. The molecule has 0 aliphatic carbocycles. The summed E-state index contributed by atoms with van der Waals surface area (Å²) in [4.78, 5) is 2.37.